The van der Waals surface area contributed by atoms with Crippen LogP contribution in [0.4, 0.5) is 0 Å². The van der Waals surface area contributed by atoms with E-state index in [2.05, 4.69) is 29.6 Å². The summed E-state index contributed by atoms with van der Waals surface area (Å²) >= 11 is 5.99. The Labute approximate surface area is 129 Å². The first-order chi connectivity index (χ1) is 10.2. The van der Waals surface area contributed by atoms with Crippen molar-refractivity contribution in [3.63, 3.8) is 0 Å². The van der Waals surface area contributed by atoms with Crippen LogP contribution < -0.4 is 14.8 Å². The Balaban J connectivity index is 2.06. The lowest BCUT2D eigenvalue weighted by atomic mass is 9.85. The van der Waals surface area contributed by atoms with Gasteiger partial charge in [-0.25, -0.2) is 0 Å². The second-order valence-electron chi connectivity index (χ2n) is 5.14. The first-order valence-corrected chi connectivity index (χ1v) is 7.31. The fourth-order valence-corrected chi connectivity index (χ4v) is 2.99. The fraction of sp³-hybridized carbons (Fsp3) is 0.294. The van der Waals surface area contributed by atoms with E-state index in [1.165, 1.54) is 16.7 Å². The van der Waals surface area contributed by atoms with E-state index in [1.807, 2.05) is 12.1 Å². The highest BCUT2D eigenvalue weighted by atomic mass is 35.5. The normalized spacial score (nSPS) is 17.2. The minimum absolute atomic E-state index is 0.297. The molecule has 0 spiro atoms. The topological polar surface area (TPSA) is 30.5 Å². The van der Waals surface area contributed by atoms with Gasteiger partial charge in [-0.1, -0.05) is 23.7 Å². The van der Waals surface area contributed by atoms with Gasteiger partial charge in [0, 0.05) is 24.0 Å². The van der Waals surface area contributed by atoms with Crippen molar-refractivity contribution in [1.82, 2.24) is 5.32 Å². The molecule has 1 heterocycles. The number of hydrogen-bond donors (Lipinski definition) is 1. The second-order valence-corrected chi connectivity index (χ2v) is 5.58. The van der Waals surface area contributed by atoms with Crippen LogP contribution in [0.25, 0.3) is 0 Å². The lowest BCUT2D eigenvalue weighted by Gasteiger charge is -2.28. The summed E-state index contributed by atoms with van der Waals surface area (Å²) in [6.07, 6.45) is 0. The average molecular weight is 304 g/mol. The zero-order chi connectivity index (χ0) is 14.8. The number of nitrogens with one attached hydrogen (secondary N) is 1. The Morgan fingerprint density at radius 3 is 2.38 bits per heavy atom. The summed E-state index contributed by atoms with van der Waals surface area (Å²) in [5, 5.41) is 4.22. The van der Waals surface area contributed by atoms with E-state index in [-0.39, 0.29) is 0 Å². The van der Waals surface area contributed by atoms with Crippen LogP contribution in [0.3, 0.4) is 0 Å². The van der Waals surface area contributed by atoms with Gasteiger partial charge in [0.1, 0.15) is 0 Å². The zero-order valence-corrected chi connectivity index (χ0v) is 12.9. The molecule has 0 bridgehead atoms. The van der Waals surface area contributed by atoms with Crippen molar-refractivity contribution in [2.24, 2.45) is 0 Å². The summed E-state index contributed by atoms with van der Waals surface area (Å²) in [5.41, 5.74) is 3.78. The van der Waals surface area contributed by atoms with E-state index in [0.29, 0.717) is 5.92 Å². The highest BCUT2D eigenvalue weighted by Crippen LogP contribution is 2.38. The molecule has 1 N–H and O–H groups in total. The molecule has 0 saturated carbocycles. The van der Waals surface area contributed by atoms with Crippen LogP contribution in [-0.2, 0) is 6.54 Å². The van der Waals surface area contributed by atoms with Gasteiger partial charge < -0.3 is 14.8 Å². The average Bonchev–Trinajstić information content (AvgIpc) is 2.53. The third kappa shape index (κ3) is 2.71. The van der Waals surface area contributed by atoms with Crippen LogP contribution in [0.5, 0.6) is 11.5 Å². The molecule has 0 aromatic heterocycles. The highest BCUT2D eigenvalue weighted by molar-refractivity contribution is 6.30. The Bertz CT molecular complexity index is 640. The summed E-state index contributed by atoms with van der Waals surface area (Å²) in [6, 6.07) is 12.2. The van der Waals surface area contributed by atoms with Crippen molar-refractivity contribution < 1.29 is 9.47 Å². The summed E-state index contributed by atoms with van der Waals surface area (Å²) in [4.78, 5) is 0. The summed E-state index contributed by atoms with van der Waals surface area (Å²) < 4.78 is 10.8. The van der Waals surface area contributed by atoms with E-state index in [0.717, 1.165) is 29.6 Å². The van der Waals surface area contributed by atoms with E-state index in [9.17, 15) is 0 Å². The molecule has 3 rings (SSSR count). The van der Waals surface area contributed by atoms with Crippen LogP contribution in [0.2, 0.25) is 5.02 Å². The van der Waals surface area contributed by atoms with Crippen molar-refractivity contribution in [2.45, 2.75) is 12.5 Å². The highest BCUT2D eigenvalue weighted by Gasteiger charge is 2.24. The van der Waals surface area contributed by atoms with Gasteiger partial charge in [0.25, 0.3) is 0 Å². The van der Waals surface area contributed by atoms with Gasteiger partial charge in [0.05, 0.1) is 14.2 Å². The van der Waals surface area contributed by atoms with Crippen LogP contribution in [-0.4, -0.2) is 20.8 Å². The number of hydrogen-bond acceptors (Lipinski definition) is 3. The maximum absolute atomic E-state index is 5.99. The van der Waals surface area contributed by atoms with Gasteiger partial charge in [-0.2, -0.15) is 0 Å². The number of rotatable bonds is 3. The molecule has 0 radical (unpaired) electrons. The monoisotopic (exact) mass is 303 g/mol. The summed E-state index contributed by atoms with van der Waals surface area (Å²) in [7, 11) is 3.33. The lowest BCUT2D eigenvalue weighted by Crippen LogP contribution is -2.28. The molecule has 0 aliphatic carbocycles. The number of ether oxygens (including phenoxy) is 2. The molecule has 0 fully saturated rings. The minimum atomic E-state index is 0.297. The second kappa shape index (κ2) is 5.96. The van der Waals surface area contributed by atoms with Gasteiger partial charge in [-0.15, -0.1) is 0 Å². The van der Waals surface area contributed by atoms with Crippen molar-refractivity contribution in [3.8, 4) is 11.5 Å². The fourth-order valence-electron chi connectivity index (χ4n) is 2.87. The number of benzene rings is 2. The van der Waals surface area contributed by atoms with Crippen LogP contribution in [0.1, 0.15) is 22.6 Å². The molecule has 0 saturated heterocycles. The lowest BCUT2D eigenvalue weighted by molar-refractivity contribution is 0.353. The molecule has 0 amide bonds. The van der Waals surface area contributed by atoms with E-state index < -0.39 is 0 Å². The van der Waals surface area contributed by atoms with Crippen molar-refractivity contribution in [3.05, 3.63) is 58.1 Å². The first kappa shape index (κ1) is 14.2. The molecule has 110 valence electrons. The van der Waals surface area contributed by atoms with E-state index >= 15 is 0 Å². The number of methoxy groups -OCH3 is 2. The van der Waals surface area contributed by atoms with Crippen LogP contribution >= 0.6 is 11.6 Å². The standard InChI is InChI=1S/C17H18ClNO2/c1-20-16-7-12-9-19-10-15(14(12)8-17(16)21-2)11-3-5-13(18)6-4-11/h3-8,15,19H,9-10H2,1-2H3. The van der Waals surface area contributed by atoms with Gasteiger partial charge in [0.15, 0.2) is 11.5 Å². The molecule has 1 atom stereocenters. The van der Waals surface area contributed by atoms with E-state index in [1.54, 1.807) is 14.2 Å². The van der Waals surface area contributed by atoms with Gasteiger partial charge in [0.2, 0.25) is 0 Å². The molecular formula is C17H18ClNO2. The molecule has 1 aliphatic rings. The predicted octanol–water partition coefficient (Wildman–Crippen LogP) is 3.59. The van der Waals surface area contributed by atoms with Crippen molar-refractivity contribution in [1.29, 1.82) is 0 Å². The third-order valence-corrected chi connectivity index (χ3v) is 4.21. The van der Waals surface area contributed by atoms with Crippen molar-refractivity contribution in [2.75, 3.05) is 20.8 Å². The van der Waals surface area contributed by atoms with Crippen molar-refractivity contribution >= 4 is 11.6 Å². The van der Waals surface area contributed by atoms with E-state index in [4.69, 9.17) is 21.1 Å². The molecule has 2 aromatic carbocycles. The first-order valence-electron chi connectivity index (χ1n) is 6.94. The molecule has 21 heavy (non-hydrogen) atoms. The summed E-state index contributed by atoms with van der Waals surface area (Å²) in [6.45, 7) is 1.75. The maximum atomic E-state index is 5.99. The smallest absolute Gasteiger partial charge is 0.161 e. The molecule has 3 nitrogen and oxygen atoms in total. The Kier molecular flexibility index (Phi) is 4.04. The number of fused-ring (bicyclic) bond motifs is 1. The minimum Gasteiger partial charge on any atom is -0.493 e. The van der Waals surface area contributed by atoms with Gasteiger partial charge >= 0.3 is 0 Å². The van der Waals surface area contributed by atoms with Crippen LogP contribution in [0, 0.1) is 0 Å². The number of halogens is 1. The quantitative estimate of drug-likeness (QED) is 0.940. The Morgan fingerprint density at radius 2 is 1.71 bits per heavy atom. The van der Waals surface area contributed by atoms with Gasteiger partial charge in [-0.05, 0) is 41.0 Å². The Morgan fingerprint density at radius 1 is 1.05 bits per heavy atom. The molecule has 4 heteroatoms. The molecule has 2 aromatic rings. The zero-order valence-electron chi connectivity index (χ0n) is 12.2. The molecule has 1 unspecified atom stereocenters. The van der Waals surface area contributed by atoms with Crippen LogP contribution in [0.15, 0.2) is 36.4 Å². The SMILES string of the molecule is COc1cc2c(cc1OC)C(c1ccc(Cl)cc1)CNC2. The third-order valence-electron chi connectivity index (χ3n) is 3.96. The summed E-state index contributed by atoms with van der Waals surface area (Å²) in [5.74, 6) is 1.85. The molecular weight excluding hydrogens is 286 g/mol. The molecule has 1 aliphatic heterocycles. The maximum Gasteiger partial charge on any atom is 0.161 e. The largest absolute Gasteiger partial charge is 0.493 e. The van der Waals surface area contributed by atoms with Gasteiger partial charge in [-0.3, -0.25) is 0 Å². The predicted molar refractivity (Wildman–Crippen MR) is 84.5 cm³/mol. The Hall–Kier alpha value is -1.71.